The van der Waals surface area contributed by atoms with Crippen LogP contribution in [-0.4, -0.2) is 47.4 Å². The second kappa shape index (κ2) is 8.81. The Labute approximate surface area is 157 Å². The van der Waals surface area contributed by atoms with Gasteiger partial charge in [-0.2, -0.15) is 4.98 Å². The number of hydrogen-bond donors (Lipinski definition) is 3. The van der Waals surface area contributed by atoms with Gasteiger partial charge < -0.3 is 25.2 Å². The molecular formula is C19H21N5O3. The zero-order chi connectivity index (χ0) is 19.1. The Morgan fingerprint density at radius 3 is 2.44 bits per heavy atom. The number of benzene rings is 1. The summed E-state index contributed by atoms with van der Waals surface area (Å²) in [4.78, 5) is 13.1. The Morgan fingerprint density at radius 1 is 1.04 bits per heavy atom. The molecule has 0 bridgehead atoms. The molecule has 0 atom stereocenters. The Kier molecular flexibility index (Phi) is 6.01. The lowest BCUT2D eigenvalue weighted by Gasteiger charge is -2.13. The van der Waals surface area contributed by atoms with Crippen LogP contribution in [0.3, 0.4) is 0 Å². The van der Waals surface area contributed by atoms with Gasteiger partial charge in [0.05, 0.1) is 26.5 Å². The smallest absolute Gasteiger partial charge is 0.225 e. The highest BCUT2D eigenvalue weighted by Gasteiger charge is 2.09. The number of methoxy groups -OCH3 is 2. The van der Waals surface area contributed by atoms with Crippen molar-refractivity contribution >= 4 is 17.5 Å². The fourth-order valence-corrected chi connectivity index (χ4v) is 2.45. The Bertz CT molecular complexity index is 868. The number of ether oxygens (including phenoxy) is 2. The molecular weight excluding hydrogens is 346 g/mol. The molecule has 0 aliphatic rings. The zero-order valence-corrected chi connectivity index (χ0v) is 15.1. The summed E-state index contributed by atoms with van der Waals surface area (Å²) < 4.78 is 10.6. The van der Waals surface area contributed by atoms with Crippen LogP contribution in [-0.2, 0) is 0 Å². The van der Waals surface area contributed by atoms with Gasteiger partial charge in [-0.15, -0.1) is 0 Å². The van der Waals surface area contributed by atoms with E-state index in [1.54, 1.807) is 32.7 Å². The molecule has 1 aromatic carbocycles. The lowest BCUT2D eigenvalue weighted by Crippen LogP contribution is -2.10. The molecule has 2 aromatic heterocycles. The first kappa shape index (κ1) is 18.4. The molecule has 8 nitrogen and oxygen atoms in total. The Hall–Kier alpha value is -3.39. The van der Waals surface area contributed by atoms with Gasteiger partial charge in [0.25, 0.3) is 0 Å². The summed E-state index contributed by atoms with van der Waals surface area (Å²) >= 11 is 0. The molecule has 3 N–H and O–H groups in total. The van der Waals surface area contributed by atoms with Crippen LogP contribution in [0.25, 0.3) is 11.3 Å². The summed E-state index contributed by atoms with van der Waals surface area (Å²) in [6, 6.07) is 11.1. The highest BCUT2D eigenvalue weighted by atomic mass is 16.5. The minimum Gasteiger partial charge on any atom is -0.497 e. The molecule has 140 valence electrons. The van der Waals surface area contributed by atoms with Crippen molar-refractivity contribution in [3.63, 3.8) is 0 Å². The van der Waals surface area contributed by atoms with Crippen molar-refractivity contribution in [1.29, 1.82) is 0 Å². The van der Waals surface area contributed by atoms with E-state index in [0.29, 0.717) is 35.5 Å². The molecule has 27 heavy (non-hydrogen) atoms. The molecule has 0 unspecified atom stereocenters. The highest BCUT2D eigenvalue weighted by Crippen LogP contribution is 2.29. The van der Waals surface area contributed by atoms with Crippen LogP contribution in [0.4, 0.5) is 17.5 Å². The molecule has 0 radical (unpaired) electrons. The zero-order valence-electron chi connectivity index (χ0n) is 15.1. The van der Waals surface area contributed by atoms with Crippen molar-refractivity contribution in [3.05, 3.63) is 48.8 Å². The van der Waals surface area contributed by atoms with Crippen LogP contribution < -0.4 is 20.1 Å². The minimum atomic E-state index is -0.0175. The van der Waals surface area contributed by atoms with E-state index < -0.39 is 0 Å². The fourth-order valence-electron chi connectivity index (χ4n) is 2.45. The number of nitrogens with zero attached hydrogens (tertiary/aromatic N) is 3. The second-order valence-corrected chi connectivity index (χ2v) is 5.58. The number of aromatic nitrogens is 3. The topological polar surface area (TPSA) is 101 Å². The van der Waals surface area contributed by atoms with Crippen molar-refractivity contribution in [2.24, 2.45) is 0 Å². The molecule has 3 rings (SSSR count). The molecule has 0 aliphatic heterocycles. The van der Waals surface area contributed by atoms with Crippen molar-refractivity contribution in [2.45, 2.75) is 0 Å². The predicted molar refractivity (Wildman–Crippen MR) is 104 cm³/mol. The fraction of sp³-hybridized carbons (Fsp3) is 0.211. The van der Waals surface area contributed by atoms with Crippen LogP contribution in [0.2, 0.25) is 0 Å². The van der Waals surface area contributed by atoms with Gasteiger partial charge in [-0.3, -0.25) is 4.98 Å². The van der Waals surface area contributed by atoms with E-state index in [0.717, 1.165) is 11.3 Å². The number of pyridine rings is 1. The SMILES string of the molecule is COc1cc(Nc2cc(-c3cccnc3)nc(NCCO)n2)cc(OC)c1. The second-order valence-electron chi connectivity index (χ2n) is 5.58. The standard InChI is InChI=1S/C19H21N5O3/c1-26-15-8-14(9-16(10-15)27-2)22-18-11-17(13-4-3-5-20-12-13)23-19(24-18)21-6-7-25/h3-5,8-12,25H,6-7H2,1-2H3,(H2,21,22,23,24). The summed E-state index contributed by atoms with van der Waals surface area (Å²) in [5.41, 5.74) is 2.32. The average molecular weight is 367 g/mol. The first-order valence-electron chi connectivity index (χ1n) is 8.36. The Balaban J connectivity index is 1.96. The molecule has 0 spiro atoms. The summed E-state index contributed by atoms with van der Waals surface area (Å²) in [6.45, 7) is 0.333. The van der Waals surface area contributed by atoms with Gasteiger partial charge >= 0.3 is 0 Å². The number of anilines is 3. The van der Waals surface area contributed by atoms with Crippen molar-refractivity contribution in [1.82, 2.24) is 15.0 Å². The molecule has 8 heteroatoms. The number of aliphatic hydroxyl groups excluding tert-OH is 1. The van der Waals surface area contributed by atoms with Crippen molar-refractivity contribution < 1.29 is 14.6 Å². The van der Waals surface area contributed by atoms with Crippen LogP contribution in [0, 0.1) is 0 Å². The van der Waals surface area contributed by atoms with Gasteiger partial charge in [0.1, 0.15) is 17.3 Å². The van der Waals surface area contributed by atoms with Crippen molar-refractivity contribution in [3.8, 4) is 22.8 Å². The van der Waals surface area contributed by atoms with Crippen molar-refractivity contribution in [2.75, 3.05) is 38.0 Å². The average Bonchev–Trinajstić information content (AvgIpc) is 2.72. The van der Waals surface area contributed by atoms with Gasteiger partial charge in [-0.25, -0.2) is 4.98 Å². The summed E-state index contributed by atoms with van der Waals surface area (Å²) in [7, 11) is 3.20. The molecule has 0 amide bonds. The van der Waals surface area contributed by atoms with Gasteiger partial charge in [-0.05, 0) is 12.1 Å². The number of hydrogen-bond acceptors (Lipinski definition) is 8. The lowest BCUT2D eigenvalue weighted by atomic mass is 10.2. The highest BCUT2D eigenvalue weighted by molar-refractivity contribution is 5.68. The van der Waals surface area contributed by atoms with E-state index >= 15 is 0 Å². The summed E-state index contributed by atoms with van der Waals surface area (Å²) in [6.07, 6.45) is 3.44. The molecule has 2 heterocycles. The normalized spacial score (nSPS) is 10.3. The first-order chi connectivity index (χ1) is 13.2. The number of nitrogens with one attached hydrogen (secondary N) is 2. The largest absolute Gasteiger partial charge is 0.497 e. The van der Waals surface area contributed by atoms with E-state index in [9.17, 15) is 0 Å². The first-order valence-corrected chi connectivity index (χ1v) is 8.36. The van der Waals surface area contributed by atoms with E-state index in [1.165, 1.54) is 0 Å². The van der Waals surface area contributed by atoms with E-state index in [2.05, 4.69) is 25.6 Å². The third-order valence-electron chi connectivity index (χ3n) is 3.70. The minimum absolute atomic E-state index is 0.0175. The van der Waals surface area contributed by atoms with Crippen LogP contribution in [0.1, 0.15) is 0 Å². The molecule has 0 fully saturated rings. The monoisotopic (exact) mass is 367 g/mol. The summed E-state index contributed by atoms with van der Waals surface area (Å²) in [5.74, 6) is 2.32. The van der Waals surface area contributed by atoms with Crippen LogP contribution >= 0.6 is 0 Å². The van der Waals surface area contributed by atoms with Crippen LogP contribution in [0.15, 0.2) is 48.8 Å². The van der Waals surface area contributed by atoms with E-state index in [1.807, 2.05) is 30.3 Å². The quantitative estimate of drug-likeness (QED) is 0.559. The molecule has 3 aromatic rings. The van der Waals surface area contributed by atoms with Gasteiger partial charge in [0.15, 0.2) is 0 Å². The Morgan fingerprint density at radius 2 is 1.81 bits per heavy atom. The van der Waals surface area contributed by atoms with E-state index in [-0.39, 0.29) is 6.61 Å². The maximum absolute atomic E-state index is 9.06. The lowest BCUT2D eigenvalue weighted by molar-refractivity contribution is 0.311. The third kappa shape index (κ3) is 4.83. The molecule has 0 saturated heterocycles. The number of aliphatic hydroxyl groups is 1. The molecule has 0 saturated carbocycles. The number of rotatable bonds is 8. The summed E-state index contributed by atoms with van der Waals surface area (Å²) in [5, 5.41) is 15.3. The van der Waals surface area contributed by atoms with Crippen LogP contribution in [0.5, 0.6) is 11.5 Å². The third-order valence-corrected chi connectivity index (χ3v) is 3.70. The van der Waals surface area contributed by atoms with Gasteiger partial charge in [0, 0.05) is 54.5 Å². The van der Waals surface area contributed by atoms with Gasteiger partial charge in [0.2, 0.25) is 5.95 Å². The van der Waals surface area contributed by atoms with E-state index in [4.69, 9.17) is 14.6 Å². The predicted octanol–water partition coefficient (Wildman–Crippen LogP) is 2.70. The van der Waals surface area contributed by atoms with Gasteiger partial charge in [-0.1, -0.05) is 0 Å². The molecule has 0 aliphatic carbocycles. The maximum atomic E-state index is 9.06. The maximum Gasteiger partial charge on any atom is 0.225 e.